The first-order valence-corrected chi connectivity index (χ1v) is 8.65. The number of quaternary nitrogens is 1. The van der Waals surface area contributed by atoms with E-state index in [0.717, 1.165) is 22.9 Å². The third-order valence-electron chi connectivity index (χ3n) is 3.89. The van der Waals surface area contributed by atoms with Gasteiger partial charge in [-0.15, -0.1) is 11.3 Å². The number of nitrogens with zero attached hydrogens (tertiary/aromatic N) is 2. The normalized spacial score (nSPS) is 13.9. The van der Waals surface area contributed by atoms with Crippen molar-refractivity contribution in [2.45, 2.75) is 6.10 Å². The maximum atomic E-state index is 12.3. The van der Waals surface area contributed by atoms with Crippen molar-refractivity contribution in [2.75, 3.05) is 5.32 Å². The van der Waals surface area contributed by atoms with Gasteiger partial charge in [-0.2, -0.15) is 4.99 Å². The minimum absolute atomic E-state index is 0.468. The number of amidine groups is 1. The molecule has 1 amide bonds. The molecule has 0 bridgehead atoms. The molecule has 6 nitrogen and oxygen atoms in total. The highest BCUT2D eigenvalue weighted by molar-refractivity contribution is 7.07. The van der Waals surface area contributed by atoms with Gasteiger partial charge in [-0.3, -0.25) is 10.1 Å². The molecule has 1 aliphatic rings. The number of carbonyl (C=O) groups excluding carboxylic acids is 1. The monoisotopic (exact) mass is 351 g/mol. The van der Waals surface area contributed by atoms with Gasteiger partial charge in [0.05, 0.1) is 5.51 Å². The van der Waals surface area contributed by atoms with Crippen LogP contribution < -0.4 is 10.6 Å². The molecule has 0 radical (unpaired) electrons. The Bertz CT molecular complexity index is 939. The fraction of sp³-hybridized carbons (Fsp3) is 0.0556. The summed E-state index contributed by atoms with van der Waals surface area (Å²) in [5.74, 6) is 0.342. The molecule has 25 heavy (non-hydrogen) atoms. The topological polar surface area (TPSA) is 91.2 Å². The quantitative estimate of drug-likeness (QED) is 0.629. The van der Waals surface area contributed by atoms with Crippen LogP contribution in [0.15, 0.2) is 64.4 Å². The summed E-state index contributed by atoms with van der Waals surface area (Å²) in [5, 5.41) is 16.8. The van der Waals surface area contributed by atoms with Crippen molar-refractivity contribution >= 4 is 40.1 Å². The first-order chi connectivity index (χ1) is 12.2. The van der Waals surface area contributed by atoms with Crippen LogP contribution in [-0.4, -0.2) is 21.8 Å². The van der Waals surface area contributed by atoms with Crippen molar-refractivity contribution in [1.29, 1.82) is 0 Å². The summed E-state index contributed by atoms with van der Waals surface area (Å²) in [7, 11) is 0. The summed E-state index contributed by atoms with van der Waals surface area (Å²) in [6.07, 6.45) is -1.21. The van der Waals surface area contributed by atoms with Crippen molar-refractivity contribution in [3.8, 4) is 0 Å². The Hall–Kier alpha value is -2.87. The second-order valence-electron chi connectivity index (χ2n) is 5.59. The Morgan fingerprint density at radius 3 is 2.80 bits per heavy atom. The van der Waals surface area contributed by atoms with Crippen LogP contribution in [0.1, 0.15) is 17.4 Å². The Labute approximate surface area is 147 Å². The Morgan fingerprint density at radius 1 is 1.20 bits per heavy atom. The lowest BCUT2D eigenvalue weighted by molar-refractivity contribution is -0.437. The predicted molar refractivity (Wildman–Crippen MR) is 96.4 cm³/mol. The van der Waals surface area contributed by atoms with E-state index in [-0.39, 0.29) is 0 Å². The van der Waals surface area contributed by atoms with Gasteiger partial charge in [0.25, 0.3) is 11.7 Å². The van der Waals surface area contributed by atoms with Crippen LogP contribution in [0.4, 0.5) is 17.1 Å². The molecule has 1 aromatic heterocycles. The highest BCUT2D eigenvalue weighted by Crippen LogP contribution is 2.28. The van der Waals surface area contributed by atoms with Gasteiger partial charge in [-0.25, -0.2) is 4.98 Å². The van der Waals surface area contributed by atoms with Gasteiger partial charge in [0.2, 0.25) is 0 Å². The minimum atomic E-state index is -1.21. The zero-order chi connectivity index (χ0) is 17.2. The number of hydrogen-bond donors (Lipinski definition) is 3. The number of thiazole rings is 1. The van der Waals surface area contributed by atoms with E-state index in [1.807, 2.05) is 28.9 Å². The molecule has 0 fully saturated rings. The Morgan fingerprint density at radius 2 is 2.04 bits per heavy atom. The number of nitrogens with two attached hydrogens (primary N) is 1. The lowest BCUT2D eigenvalue weighted by Crippen LogP contribution is -2.80. The van der Waals surface area contributed by atoms with Crippen molar-refractivity contribution in [1.82, 2.24) is 4.98 Å². The molecule has 3 aromatic rings. The third-order valence-corrected chi connectivity index (χ3v) is 4.47. The fourth-order valence-electron chi connectivity index (χ4n) is 2.63. The molecule has 0 aliphatic carbocycles. The largest absolute Gasteiger partial charge is 0.378 e. The summed E-state index contributed by atoms with van der Waals surface area (Å²) in [5.41, 5.74) is 5.53. The van der Waals surface area contributed by atoms with Gasteiger partial charge in [0.1, 0.15) is 5.69 Å². The van der Waals surface area contributed by atoms with E-state index in [2.05, 4.69) is 15.3 Å². The summed E-state index contributed by atoms with van der Waals surface area (Å²) in [6, 6.07) is 14.3. The number of benzene rings is 2. The fourth-order valence-corrected chi connectivity index (χ4v) is 3.17. The zero-order valence-corrected chi connectivity index (χ0v) is 13.9. The van der Waals surface area contributed by atoms with Crippen LogP contribution in [-0.2, 0) is 4.79 Å². The van der Waals surface area contributed by atoms with E-state index >= 15 is 0 Å². The average Bonchev–Trinajstić information content (AvgIpc) is 3.30. The van der Waals surface area contributed by atoms with Gasteiger partial charge >= 0.3 is 0 Å². The molecule has 7 heteroatoms. The number of aliphatic hydroxyl groups is 1. The number of nitrogens with one attached hydrogen (secondary N) is 1. The second-order valence-corrected chi connectivity index (χ2v) is 6.31. The van der Waals surface area contributed by atoms with E-state index in [9.17, 15) is 9.90 Å². The number of anilines is 1. The Kier molecular flexibility index (Phi) is 4.10. The van der Waals surface area contributed by atoms with E-state index in [0.29, 0.717) is 11.3 Å². The molecule has 2 heterocycles. The molecule has 1 atom stereocenters. The van der Waals surface area contributed by atoms with Crippen molar-refractivity contribution in [3.63, 3.8) is 0 Å². The van der Waals surface area contributed by atoms with Crippen LogP contribution in [0.2, 0.25) is 0 Å². The molecular weight excluding hydrogens is 336 g/mol. The average molecular weight is 351 g/mol. The van der Waals surface area contributed by atoms with E-state index in [1.165, 1.54) is 11.3 Å². The summed E-state index contributed by atoms with van der Waals surface area (Å²) < 4.78 is 0. The SMILES string of the molecule is O=C(Nc1ccc2c(c1)[NH2+]C(c1cscn1)=N2)C(O)c1ccccc1. The number of hydrogen-bond acceptors (Lipinski definition) is 5. The van der Waals surface area contributed by atoms with Gasteiger partial charge in [-0.05, 0) is 17.7 Å². The maximum Gasteiger partial charge on any atom is 0.257 e. The molecule has 124 valence electrons. The standard InChI is InChI=1S/C18H14N4O2S/c23-16(11-4-2-1-3-5-11)18(24)20-12-6-7-13-14(8-12)22-17(21-13)15-9-25-10-19-15/h1-10,16,23H,(H,20,24)(H,21,22)/p+1. The molecule has 1 aliphatic heterocycles. The molecule has 4 rings (SSSR count). The summed E-state index contributed by atoms with van der Waals surface area (Å²) >= 11 is 1.52. The number of aromatic nitrogens is 1. The lowest BCUT2D eigenvalue weighted by Gasteiger charge is -2.11. The van der Waals surface area contributed by atoms with Crippen molar-refractivity contribution < 1.29 is 15.2 Å². The lowest BCUT2D eigenvalue weighted by atomic mass is 10.1. The van der Waals surface area contributed by atoms with E-state index in [1.54, 1.807) is 35.8 Å². The van der Waals surface area contributed by atoms with Crippen molar-refractivity contribution in [3.05, 3.63) is 70.7 Å². The molecule has 2 aromatic carbocycles. The molecule has 4 N–H and O–H groups in total. The van der Waals surface area contributed by atoms with Crippen LogP contribution in [0.25, 0.3) is 0 Å². The highest BCUT2D eigenvalue weighted by atomic mass is 32.1. The molecular formula is C18H15N4O2S+. The number of fused-ring (bicyclic) bond motifs is 1. The van der Waals surface area contributed by atoms with E-state index in [4.69, 9.17) is 0 Å². The van der Waals surface area contributed by atoms with Crippen LogP contribution in [0.5, 0.6) is 0 Å². The van der Waals surface area contributed by atoms with Gasteiger partial charge in [0, 0.05) is 17.1 Å². The third kappa shape index (κ3) is 3.20. The molecule has 0 spiro atoms. The Balaban J connectivity index is 1.48. The molecule has 1 unspecified atom stereocenters. The highest BCUT2D eigenvalue weighted by Gasteiger charge is 2.24. The number of aliphatic imine (C=N–C) groups is 1. The van der Waals surface area contributed by atoms with Gasteiger partial charge in [0.15, 0.2) is 17.5 Å². The number of amides is 1. The summed E-state index contributed by atoms with van der Waals surface area (Å²) in [6.45, 7) is 0. The smallest absolute Gasteiger partial charge is 0.257 e. The summed E-state index contributed by atoms with van der Waals surface area (Å²) in [4.78, 5) is 21.1. The molecule has 0 saturated carbocycles. The van der Waals surface area contributed by atoms with Crippen LogP contribution in [0.3, 0.4) is 0 Å². The van der Waals surface area contributed by atoms with Gasteiger partial charge in [-0.1, -0.05) is 30.3 Å². The van der Waals surface area contributed by atoms with Crippen LogP contribution >= 0.6 is 11.3 Å². The zero-order valence-electron chi connectivity index (χ0n) is 13.1. The number of rotatable bonds is 4. The second kappa shape index (κ2) is 6.56. The van der Waals surface area contributed by atoms with Crippen molar-refractivity contribution in [2.24, 2.45) is 4.99 Å². The predicted octanol–water partition coefficient (Wildman–Crippen LogP) is 2.10. The van der Waals surface area contributed by atoms with Gasteiger partial charge < -0.3 is 10.4 Å². The minimum Gasteiger partial charge on any atom is -0.378 e. The maximum absolute atomic E-state index is 12.3. The number of carbonyl (C=O) groups is 1. The first kappa shape index (κ1) is 15.6. The molecule has 0 saturated heterocycles. The first-order valence-electron chi connectivity index (χ1n) is 7.70. The van der Waals surface area contributed by atoms with E-state index < -0.39 is 12.0 Å². The number of aliphatic hydroxyl groups excluding tert-OH is 1. The van der Waals surface area contributed by atoms with Crippen LogP contribution in [0, 0.1) is 0 Å².